The summed E-state index contributed by atoms with van der Waals surface area (Å²) < 4.78 is 5.81. The van der Waals surface area contributed by atoms with E-state index in [9.17, 15) is 0 Å². The Balaban J connectivity index is 1.88. The van der Waals surface area contributed by atoms with Crippen molar-refractivity contribution in [1.29, 1.82) is 0 Å². The quantitative estimate of drug-likeness (QED) is 0.873. The molecule has 1 fully saturated rings. The molecule has 1 saturated carbocycles. The van der Waals surface area contributed by atoms with Gasteiger partial charge in [-0.1, -0.05) is 33.8 Å². The summed E-state index contributed by atoms with van der Waals surface area (Å²) in [6.07, 6.45) is 2.55. The second-order valence-corrected chi connectivity index (χ2v) is 7.24. The Labute approximate surface area is 122 Å². The molecular weight excluding hydrogens is 246 g/mol. The van der Waals surface area contributed by atoms with Gasteiger partial charge in [0, 0.05) is 17.0 Å². The Kier molecular flexibility index (Phi) is 3.53. The van der Waals surface area contributed by atoms with Crippen LogP contribution in [0.2, 0.25) is 0 Å². The average Bonchev–Trinajstić information content (AvgIpc) is 3.06. The maximum absolute atomic E-state index is 5.81. The molecule has 1 aliphatic heterocycles. The Hall–Kier alpha value is -1.02. The highest BCUT2D eigenvalue weighted by atomic mass is 16.5. The summed E-state index contributed by atoms with van der Waals surface area (Å²) in [5.74, 6) is 2.75. The van der Waals surface area contributed by atoms with Gasteiger partial charge in [-0.3, -0.25) is 0 Å². The molecule has 1 aromatic carbocycles. The van der Waals surface area contributed by atoms with E-state index in [1.807, 2.05) is 0 Å². The van der Waals surface area contributed by atoms with Crippen molar-refractivity contribution in [1.82, 2.24) is 5.32 Å². The maximum Gasteiger partial charge on any atom is 0.123 e. The molecule has 2 aliphatic rings. The first kappa shape index (κ1) is 13.9. The van der Waals surface area contributed by atoms with E-state index in [0.29, 0.717) is 6.04 Å². The van der Waals surface area contributed by atoms with Gasteiger partial charge in [-0.25, -0.2) is 0 Å². The van der Waals surface area contributed by atoms with Crippen LogP contribution >= 0.6 is 0 Å². The summed E-state index contributed by atoms with van der Waals surface area (Å²) in [5.41, 5.74) is 2.98. The zero-order valence-corrected chi connectivity index (χ0v) is 13.2. The fourth-order valence-corrected chi connectivity index (χ4v) is 3.36. The lowest BCUT2D eigenvalue weighted by atomic mass is 9.85. The van der Waals surface area contributed by atoms with E-state index < -0.39 is 0 Å². The molecule has 0 aromatic heterocycles. The van der Waals surface area contributed by atoms with Crippen molar-refractivity contribution >= 4 is 0 Å². The summed E-state index contributed by atoms with van der Waals surface area (Å²) >= 11 is 0. The van der Waals surface area contributed by atoms with Crippen LogP contribution in [-0.4, -0.2) is 13.2 Å². The van der Waals surface area contributed by atoms with E-state index in [-0.39, 0.29) is 5.41 Å². The number of hydrogen-bond acceptors (Lipinski definition) is 2. The van der Waals surface area contributed by atoms with Crippen molar-refractivity contribution in [3.05, 3.63) is 29.3 Å². The third-order valence-corrected chi connectivity index (χ3v) is 4.89. The minimum absolute atomic E-state index is 0.149. The van der Waals surface area contributed by atoms with Crippen LogP contribution in [0.4, 0.5) is 0 Å². The van der Waals surface area contributed by atoms with Gasteiger partial charge in [0.1, 0.15) is 5.75 Å². The third kappa shape index (κ3) is 2.46. The van der Waals surface area contributed by atoms with Crippen LogP contribution in [0.25, 0.3) is 0 Å². The first-order valence-corrected chi connectivity index (χ1v) is 8.03. The molecule has 3 atom stereocenters. The summed E-state index contributed by atoms with van der Waals surface area (Å²) in [6, 6.07) is 7.35. The minimum atomic E-state index is 0.149. The Bertz CT molecular complexity index is 494. The minimum Gasteiger partial charge on any atom is -0.492 e. The van der Waals surface area contributed by atoms with Crippen LogP contribution in [0.5, 0.6) is 5.75 Å². The Morgan fingerprint density at radius 1 is 1.40 bits per heavy atom. The Morgan fingerprint density at radius 2 is 2.15 bits per heavy atom. The second kappa shape index (κ2) is 5.07. The van der Waals surface area contributed by atoms with Gasteiger partial charge in [-0.15, -0.1) is 0 Å². The summed E-state index contributed by atoms with van der Waals surface area (Å²) in [6.45, 7) is 11.1. The van der Waals surface area contributed by atoms with E-state index >= 15 is 0 Å². The number of hydrogen-bond donors (Lipinski definition) is 1. The van der Waals surface area contributed by atoms with Gasteiger partial charge in [0.15, 0.2) is 0 Å². The lowest BCUT2D eigenvalue weighted by molar-refractivity contribution is 0.291. The smallest absolute Gasteiger partial charge is 0.123 e. The summed E-state index contributed by atoms with van der Waals surface area (Å²) in [5, 5.41) is 3.76. The molecule has 1 heterocycles. The van der Waals surface area contributed by atoms with Crippen molar-refractivity contribution < 1.29 is 4.74 Å². The molecule has 3 rings (SSSR count). The predicted molar refractivity (Wildman–Crippen MR) is 83.3 cm³/mol. The van der Waals surface area contributed by atoms with Crippen molar-refractivity contribution in [2.75, 3.05) is 13.2 Å². The zero-order chi connectivity index (χ0) is 14.3. The van der Waals surface area contributed by atoms with Crippen molar-refractivity contribution in [2.24, 2.45) is 11.8 Å². The highest BCUT2D eigenvalue weighted by Crippen LogP contribution is 2.48. The largest absolute Gasteiger partial charge is 0.492 e. The van der Waals surface area contributed by atoms with Gasteiger partial charge < -0.3 is 10.1 Å². The van der Waals surface area contributed by atoms with Crippen LogP contribution in [0, 0.1) is 11.8 Å². The molecule has 110 valence electrons. The van der Waals surface area contributed by atoms with Crippen LogP contribution in [-0.2, 0) is 5.41 Å². The molecule has 2 nitrogen and oxygen atoms in total. The highest BCUT2D eigenvalue weighted by Gasteiger charge is 2.41. The van der Waals surface area contributed by atoms with E-state index in [0.717, 1.165) is 30.7 Å². The van der Waals surface area contributed by atoms with Gasteiger partial charge in [-0.2, -0.15) is 0 Å². The van der Waals surface area contributed by atoms with Crippen molar-refractivity contribution in [3.8, 4) is 5.75 Å². The monoisotopic (exact) mass is 273 g/mol. The van der Waals surface area contributed by atoms with Crippen molar-refractivity contribution in [2.45, 2.75) is 52.0 Å². The first-order valence-electron chi connectivity index (χ1n) is 8.03. The molecule has 0 radical (unpaired) electrons. The van der Waals surface area contributed by atoms with Gasteiger partial charge in [0.2, 0.25) is 0 Å². The average molecular weight is 273 g/mol. The molecule has 3 unspecified atom stereocenters. The number of ether oxygens (including phenoxy) is 1. The van der Waals surface area contributed by atoms with Crippen LogP contribution < -0.4 is 10.1 Å². The molecular formula is C18H27NO. The topological polar surface area (TPSA) is 21.3 Å². The number of benzene rings is 1. The molecule has 20 heavy (non-hydrogen) atoms. The maximum atomic E-state index is 5.81. The molecule has 0 spiro atoms. The zero-order valence-electron chi connectivity index (χ0n) is 13.2. The van der Waals surface area contributed by atoms with Gasteiger partial charge >= 0.3 is 0 Å². The predicted octanol–water partition coefficient (Wildman–Crippen LogP) is 4.05. The third-order valence-electron chi connectivity index (χ3n) is 4.89. The number of rotatable bonds is 5. The number of fused-ring (bicyclic) bond motifs is 1. The lowest BCUT2D eigenvalue weighted by Gasteiger charge is -2.22. The van der Waals surface area contributed by atoms with Gasteiger partial charge in [0.25, 0.3) is 0 Å². The van der Waals surface area contributed by atoms with Gasteiger partial charge in [0.05, 0.1) is 6.61 Å². The molecule has 0 amide bonds. The molecule has 1 aromatic rings. The molecule has 2 heteroatoms. The van der Waals surface area contributed by atoms with Gasteiger partial charge in [-0.05, 0) is 48.9 Å². The SMILES string of the molecule is CCCNC(c1ccc2c(c1)C(C)(C)CO2)C1CC1C. The van der Waals surface area contributed by atoms with Crippen LogP contribution in [0.15, 0.2) is 18.2 Å². The molecule has 0 saturated heterocycles. The molecule has 0 bridgehead atoms. The van der Waals surface area contributed by atoms with E-state index in [1.165, 1.54) is 24.0 Å². The fraction of sp³-hybridized carbons (Fsp3) is 0.667. The normalized spacial score (nSPS) is 27.8. The lowest BCUT2D eigenvalue weighted by Crippen LogP contribution is -2.25. The Morgan fingerprint density at radius 3 is 2.80 bits per heavy atom. The van der Waals surface area contributed by atoms with Crippen molar-refractivity contribution in [3.63, 3.8) is 0 Å². The van der Waals surface area contributed by atoms with E-state index in [2.05, 4.69) is 51.2 Å². The molecule has 1 aliphatic carbocycles. The van der Waals surface area contributed by atoms with E-state index in [4.69, 9.17) is 4.74 Å². The first-order chi connectivity index (χ1) is 9.53. The van der Waals surface area contributed by atoms with E-state index in [1.54, 1.807) is 0 Å². The van der Waals surface area contributed by atoms with Crippen LogP contribution in [0.1, 0.15) is 57.7 Å². The standard InChI is InChI=1S/C18H27NO/c1-5-8-19-17(14-9-12(14)2)13-6-7-16-15(10-13)18(3,4)11-20-16/h6-7,10,12,14,17,19H,5,8-9,11H2,1-4H3. The fourth-order valence-electron chi connectivity index (χ4n) is 3.36. The highest BCUT2D eigenvalue weighted by molar-refractivity contribution is 5.46. The molecule has 1 N–H and O–H groups in total. The number of nitrogens with one attached hydrogen (secondary N) is 1. The summed E-state index contributed by atoms with van der Waals surface area (Å²) in [7, 11) is 0. The van der Waals surface area contributed by atoms with Crippen LogP contribution in [0.3, 0.4) is 0 Å². The second-order valence-electron chi connectivity index (χ2n) is 7.24. The summed E-state index contributed by atoms with van der Waals surface area (Å²) in [4.78, 5) is 0.